The number of hydrogen-bond acceptors (Lipinski definition) is 2. The molecule has 1 unspecified atom stereocenters. The molecule has 104 valence electrons. The number of amides is 1. The molecule has 2 aliphatic rings. The van der Waals surface area contributed by atoms with Gasteiger partial charge in [0, 0.05) is 36.7 Å². The van der Waals surface area contributed by atoms with E-state index >= 15 is 0 Å². The molecule has 1 aromatic rings. The van der Waals surface area contributed by atoms with Gasteiger partial charge < -0.3 is 10.00 Å². The van der Waals surface area contributed by atoms with Crippen LogP contribution in [0, 0.1) is 5.92 Å². The summed E-state index contributed by atoms with van der Waals surface area (Å²) < 4.78 is 0. The van der Waals surface area contributed by atoms with Crippen LogP contribution in [-0.2, 0) is 4.79 Å². The SMILES string of the molecule is O=C(C1CCCCC1)N1CCC(c2cc(=O)[nH][nH]2)C1. The Balaban J connectivity index is 1.62. The molecule has 1 saturated heterocycles. The van der Waals surface area contributed by atoms with Crippen LogP contribution in [0.15, 0.2) is 10.9 Å². The Bertz CT molecular complexity index is 499. The van der Waals surface area contributed by atoms with E-state index < -0.39 is 0 Å². The summed E-state index contributed by atoms with van der Waals surface area (Å²) in [5.41, 5.74) is 0.844. The van der Waals surface area contributed by atoms with Crippen LogP contribution in [0.1, 0.15) is 50.1 Å². The van der Waals surface area contributed by atoms with Gasteiger partial charge >= 0.3 is 0 Å². The van der Waals surface area contributed by atoms with Crippen molar-refractivity contribution in [2.24, 2.45) is 5.92 Å². The van der Waals surface area contributed by atoms with Crippen LogP contribution < -0.4 is 5.56 Å². The molecule has 3 rings (SSSR count). The van der Waals surface area contributed by atoms with Gasteiger partial charge in [0.2, 0.25) is 5.91 Å². The quantitative estimate of drug-likeness (QED) is 0.851. The summed E-state index contributed by atoms with van der Waals surface area (Å²) in [6.45, 7) is 1.58. The molecule has 1 aliphatic heterocycles. The van der Waals surface area contributed by atoms with Gasteiger partial charge in [-0.05, 0) is 19.3 Å². The van der Waals surface area contributed by atoms with Crippen molar-refractivity contribution in [2.45, 2.75) is 44.4 Å². The first-order valence-electron chi connectivity index (χ1n) is 7.30. The highest BCUT2D eigenvalue weighted by molar-refractivity contribution is 5.79. The minimum absolute atomic E-state index is 0.0907. The molecule has 0 aromatic carbocycles. The molecule has 2 N–H and O–H groups in total. The predicted molar refractivity (Wildman–Crippen MR) is 71.9 cm³/mol. The van der Waals surface area contributed by atoms with E-state index in [9.17, 15) is 9.59 Å². The lowest BCUT2D eigenvalue weighted by atomic mass is 9.88. The van der Waals surface area contributed by atoms with Crippen LogP contribution in [0.5, 0.6) is 0 Å². The van der Waals surface area contributed by atoms with Gasteiger partial charge in [-0.2, -0.15) is 0 Å². The first-order chi connectivity index (χ1) is 9.24. The maximum atomic E-state index is 12.4. The van der Waals surface area contributed by atoms with Crippen molar-refractivity contribution >= 4 is 5.91 Å². The lowest BCUT2D eigenvalue weighted by Crippen LogP contribution is -2.35. The van der Waals surface area contributed by atoms with E-state index in [0.29, 0.717) is 5.91 Å². The van der Waals surface area contributed by atoms with Crippen LogP contribution in [0.4, 0.5) is 0 Å². The fourth-order valence-corrected chi connectivity index (χ4v) is 3.39. The molecule has 0 spiro atoms. The van der Waals surface area contributed by atoms with Gasteiger partial charge in [0.1, 0.15) is 0 Å². The molecule has 2 heterocycles. The number of H-pyrrole nitrogens is 2. The maximum absolute atomic E-state index is 12.4. The van der Waals surface area contributed by atoms with E-state index in [4.69, 9.17) is 0 Å². The lowest BCUT2D eigenvalue weighted by Gasteiger charge is -2.26. The standard InChI is InChI=1S/C14H21N3O2/c18-13-8-12(15-16-13)11-6-7-17(9-11)14(19)10-4-2-1-3-5-10/h8,10-11H,1-7,9H2,(H2,15,16,18). The Morgan fingerprint density at radius 3 is 2.63 bits per heavy atom. The number of aromatic nitrogens is 2. The summed E-state index contributed by atoms with van der Waals surface area (Å²) in [5, 5.41) is 5.48. The summed E-state index contributed by atoms with van der Waals surface area (Å²) in [4.78, 5) is 25.6. The van der Waals surface area contributed by atoms with Gasteiger partial charge in [0.25, 0.3) is 5.56 Å². The molecular formula is C14H21N3O2. The van der Waals surface area contributed by atoms with E-state index in [1.807, 2.05) is 4.90 Å². The Kier molecular flexibility index (Phi) is 3.44. The van der Waals surface area contributed by atoms with E-state index in [0.717, 1.165) is 38.0 Å². The molecule has 1 saturated carbocycles. The number of carbonyl (C=O) groups excluding carboxylic acids is 1. The summed E-state index contributed by atoms with van der Waals surface area (Å²) in [6.07, 6.45) is 6.73. The number of carbonyl (C=O) groups is 1. The van der Waals surface area contributed by atoms with E-state index in [1.165, 1.54) is 19.3 Å². The molecule has 0 radical (unpaired) electrons. The minimum atomic E-state index is -0.0907. The highest BCUT2D eigenvalue weighted by Crippen LogP contribution is 2.30. The Hall–Kier alpha value is -1.52. The zero-order valence-corrected chi connectivity index (χ0v) is 11.2. The zero-order chi connectivity index (χ0) is 13.2. The lowest BCUT2D eigenvalue weighted by molar-refractivity contribution is -0.135. The molecule has 2 fully saturated rings. The van der Waals surface area contributed by atoms with Gasteiger partial charge in [-0.15, -0.1) is 0 Å². The average molecular weight is 263 g/mol. The average Bonchev–Trinajstić information content (AvgIpc) is 3.07. The van der Waals surface area contributed by atoms with Crippen LogP contribution in [-0.4, -0.2) is 34.1 Å². The molecule has 5 nitrogen and oxygen atoms in total. The van der Waals surface area contributed by atoms with Crippen molar-refractivity contribution in [3.63, 3.8) is 0 Å². The second-order valence-electron chi connectivity index (χ2n) is 5.82. The smallest absolute Gasteiger partial charge is 0.264 e. The minimum Gasteiger partial charge on any atom is -0.342 e. The van der Waals surface area contributed by atoms with Crippen molar-refractivity contribution in [3.05, 3.63) is 22.1 Å². The van der Waals surface area contributed by atoms with E-state index in [2.05, 4.69) is 10.2 Å². The van der Waals surface area contributed by atoms with Crippen molar-refractivity contribution in [1.82, 2.24) is 15.1 Å². The topological polar surface area (TPSA) is 69.0 Å². The van der Waals surface area contributed by atoms with E-state index in [-0.39, 0.29) is 17.4 Å². The van der Waals surface area contributed by atoms with Gasteiger partial charge in [0.15, 0.2) is 0 Å². The molecule has 1 aromatic heterocycles. The van der Waals surface area contributed by atoms with E-state index in [1.54, 1.807) is 6.07 Å². The number of likely N-dealkylation sites (tertiary alicyclic amines) is 1. The molecule has 0 bridgehead atoms. The van der Waals surface area contributed by atoms with Crippen molar-refractivity contribution in [3.8, 4) is 0 Å². The number of nitrogens with zero attached hydrogens (tertiary/aromatic N) is 1. The highest BCUT2D eigenvalue weighted by Gasteiger charge is 2.32. The highest BCUT2D eigenvalue weighted by atomic mass is 16.2. The van der Waals surface area contributed by atoms with Crippen LogP contribution >= 0.6 is 0 Å². The Morgan fingerprint density at radius 2 is 1.95 bits per heavy atom. The largest absolute Gasteiger partial charge is 0.342 e. The monoisotopic (exact) mass is 263 g/mol. The van der Waals surface area contributed by atoms with Gasteiger partial charge in [-0.25, -0.2) is 0 Å². The first-order valence-corrected chi connectivity index (χ1v) is 7.30. The van der Waals surface area contributed by atoms with Gasteiger partial charge in [-0.3, -0.25) is 14.7 Å². The second kappa shape index (κ2) is 5.23. The predicted octanol–water partition coefficient (Wildman–Crippen LogP) is 1.60. The summed E-state index contributed by atoms with van der Waals surface area (Å²) >= 11 is 0. The fraction of sp³-hybridized carbons (Fsp3) is 0.714. The van der Waals surface area contributed by atoms with Gasteiger partial charge in [0.05, 0.1) is 0 Å². The normalized spacial score (nSPS) is 24.8. The molecule has 5 heteroatoms. The third-order valence-corrected chi connectivity index (χ3v) is 4.51. The molecule has 1 aliphatic carbocycles. The van der Waals surface area contributed by atoms with Crippen LogP contribution in [0.2, 0.25) is 0 Å². The summed E-state index contributed by atoms with van der Waals surface area (Å²) in [5.74, 6) is 0.865. The second-order valence-corrected chi connectivity index (χ2v) is 5.82. The Morgan fingerprint density at radius 1 is 1.16 bits per heavy atom. The number of hydrogen-bond donors (Lipinski definition) is 2. The third kappa shape index (κ3) is 2.60. The maximum Gasteiger partial charge on any atom is 0.264 e. The van der Waals surface area contributed by atoms with Crippen LogP contribution in [0.25, 0.3) is 0 Å². The van der Waals surface area contributed by atoms with Gasteiger partial charge in [-0.1, -0.05) is 19.3 Å². The molecular weight excluding hydrogens is 242 g/mol. The first kappa shape index (κ1) is 12.5. The number of rotatable bonds is 2. The van der Waals surface area contributed by atoms with Crippen molar-refractivity contribution in [2.75, 3.05) is 13.1 Å². The van der Waals surface area contributed by atoms with Crippen LogP contribution in [0.3, 0.4) is 0 Å². The Labute approximate surface area is 112 Å². The molecule has 19 heavy (non-hydrogen) atoms. The summed E-state index contributed by atoms with van der Waals surface area (Å²) in [6, 6.07) is 1.61. The zero-order valence-electron chi connectivity index (χ0n) is 11.2. The molecule has 1 amide bonds. The number of nitrogens with one attached hydrogen (secondary N) is 2. The van der Waals surface area contributed by atoms with Crippen molar-refractivity contribution < 1.29 is 4.79 Å². The molecule has 1 atom stereocenters. The van der Waals surface area contributed by atoms with Crippen molar-refractivity contribution in [1.29, 1.82) is 0 Å². The third-order valence-electron chi connectivity index (χ3n) is 4.51. The fourth-order valence-electron chi connectivity index (χ4n) is 3.39. The summed E-state index contributed by atoms with van der Waals surface area (Å²) in [7, 11) is 0. The number of aromatic amines is 2.